The van der Waals surface area contributed by atoms with Crippen LogP contribution in [0.3, 0.4) is 0 Å². The van der Waals surface area contributed by atoms with Gasteiger partial charge in [0, 0.05) is 13.0 Å². The van der Waals surface area contributed by atoms with Crippen molar-refractivity contribution in [2.24, 2.45) is 11.7 Å². The number of nitrogens with two attached hydrogens (primary N) is 1. The molecule has 0 saturated heterocycles. The molecule has 0 saturated carbocycles. The van der Waals surface area contributed by atoms with Gasteiger partial charge < -0.3 is 10.5 Å². The number of carbonyl (C=O) groups excluding carboxylic acids is 1. The van der Waals surface area contributed by atoms with E-state index >= 15 is 0 Å². The van der Waals surface area contributed by atoms with Crippen LogP contribution in [-0.4, -0.2) is 12.6 Å². The van der Waals surface area contributed by atoms with Crippen LogP contribution in [0.4, 0.5) is 13.2 Å². The largest absolute Gasteiger partial charge is 0.466 e. The number of carbonyl (C=O) groups is 1. The van der Waals surface area contributed by atoms with Gasteiger partial charge >= 0.3 is 12.1 Å². The zero-order valence-corrected chi connectivity index (χ0v) is 16.2. The third-order valence-corrected chi connectivity index (χ3v) is 4.56. The second kappa shape index (κ2) is 9.73. The minimum atomic E-state index is -4.35. The second-order valence-corrected chi connectivity index (χ2v) is 6.97. The first-order valence-corrected chi connectivity index (χ1v) is 9.39. The monoisotopic (exact) mass is 393 g/mol. The lowest BCUT2D eigenvalue weighted by molar-refractivity contribution is -0.143. The quantitative estimate of drug-likeness (QED) is 0.615. The molecule has 152 valence electrons. The van der Waals surface area contributed by atoms with Crippen molar-refractivity contribution in [2.75, 3.05) is 6.61 Å². The maximum Gasteiger partial charge on any atom is 0.416 e. The molecule has 0 aliphatic heterocycles. The van der Waals surface area contributed by atoms with Crippen molar-refractivity contribution < 1.29 is 22.7 Å². The molecule has 2 rings (SSSR count). The highest BCUT2D eigenvalue weighted by molar-refractivity contribution is 5.69. The summed E-state index contributed by atoms with van der Waals surface area (Å²) in [6.07, 6.45) is -2.52. The number of esters is 1. The Morgan fingerprint density at radius 1 is 1.07 bits per heavy atom. The number of rotatable bonds is 8. The summed E-state index contributed by atoms with van der Waals surface area (Å²) in [5, 5.41) is 0. The number of hydrogen-bond donors (Lipinski definition) is 1. The predicted molar refractivity (Wildman–Crippen MR) is 104 cm³/mol. The average Bonchev–Trinajstić information content (AvgIpc) is 2.65. The van der Waals surface area contributed by atoms with Crippen LogP contribution in [-0.2, 0) is 28.7 Å². The van der Waals surface area contributed by atoms with Crippen LogP contribution in [0, 0.1) is 5.92 Å². The van der Waals surface area contributed by atoms with Gasteiger partial charge in [0.1, 0.15) is 0 Å². The molecule has 0 amide bonds. The van der Waals surface area contributed by atoms with Crippen molar-refractivity contribution in [3.63, 3.8) is 0 Å². The van der Waals surface area contributed by atoms with Crippen molar-refractivity contribution in [1.82, 2.24) is 0 Å². The van der Waals surface area contributed by atoms with E-state index in [1.54, 1.807) is 6.92 Å². The summed E-state index contributed by atoms with van der Waals surface area (Å²) in [5.74, 6) is 0.0633. The predicted octanol–water partition coefficient (Wildman–Crippen LogP) is 5.35. The summed E-state index contributed by atoms with van der Waals surface area (Å²) < 4.78 is 43.3. The second-order valence-electron chi connectivity index (χ2n) is 6.97. The van der Waals surface area contributed by atoms with Gasteiger partial charge in [-0.1, -0.05) is 31.2 Å². The Hall–Kier alpha value is -2.34. The van der Waals surface area contributed by atoms with E-state index in [0.29, 0.717) is 31.6 Å². The van der Waals surface area contributed by atoms with Crippen LogP contribution in [0.1, 0.15) is 43.4 Å². The molecule has 2 N–H and O–H groups in total. The number of alkyl halides is 3. The molecule has 1 unspecified atom stereocenters. The van der Waals surface area contributed by atoms with Gasteiger partial charge in [0.15, 0.2) is 0 Å². The molecule has 2 aromatic carbocycles. The summed E-state index contributed by atoms with van der Waals surface area (Å²) in [6, 6.07) is 11.0. The Morgan fingerprint density at radius 2 is 1.71 bits per heavy atom. The molecule has 0 aliphatic rings. The van der Waals surface area contributed by atoms with Crippen LogP contribution >= 0.6 is 0 Å². The number of halogens is 3. The van der Waals surface area contributed by atoms with Gasteiger partial charge in [0.05, 0.1) is 12.2 Å². The van der Waals surface area contributed by atoms with E-state index in [1.165, 1.54) is 12.1 Å². The van der Waals surface area contributed by atoms with Crippen molar-refractivity contribution in [3.8, 4) is 11.1 Å². The Labute approximate surface area is 163 Å². The summed E-state index contributed by atoms with van der Waals surface area (Å²) in [7, 11) is 0. The van der Waals surface area contributed by atoms with E-state index in [9.17, 15) is 18.0 Å². The van der Waals surface area contributed by atoms with E-state index in [4.69, 9.17) is 10.5 Å². The van der Waals surface area contributed by atoms with Crippen LogP contribution in [0.15, 0.2) is 42.5 Å². The highest BCUT2D eigenvalue weighted by atomic mass is 19.4. The fraction of sp³-hybridized carbons (Fsp3) is 0.409. The van der Waals surface area contributed by atoms with E-state index in [-0.39, 0.29) is 11.9 Å². The first-order chi connectivity index (χ1) is 13.2. The van der Waals surface area contributed by atoms with Crippen molar-refractivity contribution >= 4 is 5.97 Å². The van der Waals surface area contributed by atoms with Gasteiger partial charge in [-0.05, 0) is 66.1 Å². The van der Waals surface area contributed by atoms with Gasteiger partial charge in [0.25, 0.3) is 0 Å². The van der Waals surface area contributed by atoms with Gasteiger partial charge in [0.2, 0.25) is 0 Å². The van der Waals surface area contributed by atoms with Crippen molar-refractivity contribution in [3.05, 3.63) is 59.2 Å². The summed E-state index contributed by atoms with van der Waals surface area (Å²) in [5.41, 5.74) is 8.65. The Kier molecular flexibility index (Phi) is 7.63. The van der Waals surface area contributed by atoms with Crippen molar-refractivity contribution in [1.29, 1.82) is 0 Å². The molecule has 28 heavy (non-hydrogen) atoms. The van der Waals surface area contributed by atoms with Crippen LogP contribution < -0.4 is 5.73 Å². The Balaban J connectivity index is 2.16. The summed E-state index contributed by atoms with van der Waals surface area (Å²) >= 11 is 0. The Bertz CT molecular complexity index is 785. The fourth-order valence-electron chi connectivity index (χ4n) is 3.12. The molecule has 0 fully saturated rings. The zero-order valence-electron chi connectivity index (χ0n) is 16.2. The highest BCUT2D eigenvalue weighted by Crippen LogP contribution is 2.31. The molecular weight excluding hydrogens is 367 g/mol. The molecule has 0 aliphatic carbocycles. The highest BCUT2D eigenvalue weighted by Gasteiger charge is 2.30. The molecular formula is C22H26F3NO2. The standard InChI is InChI=1S/C22H26F3NO2/c1-3-28-21(27)9-4-15(2)10-16-11-17(14-26)13-19(12-16)18-5-7-20(8-6-18)22(23,24)25/h5-8,11-13,15H,3-4,9-10,14,26H2,1-2H3. The fourth-order valence-corrected chi connectivity index (χ4v) is 3.12. The molecule has 0 heterocycles. The van der Waals surface area contributed by atoms with Gasteiger partial charge in [-0.2, -0.15) is 13.2 Å². The normalized spacial score (nSPS) is 12.6. The SMILES string of the molecule is CCOC(=O)CCC(C)Cc1cc(CN)cc(-c2ccc(C(F)(F)F)cc2)c1. The summed E-state index contributed by atoms with van der Waals surface area (Å²) in [4.78, 5) is 11.5. The molecule has 3 nitrogen and oxygen atoms in total. The van der Waals surface area contributed by atoms with E-state index in [0.717, 1.165) is 35.2 Å². The van der Waals surface area contributed by atoms with E-state index in [1.807, 2.05) is 18.2 Å². The molecule has 1 atom stereocenters. The number of benzene rings is 2. The third-order valence-electron chi connectivity index (χ3n) is 4.56. The maximum absolute atomic E-state index is 12.8. The lowest BCUT2D eigenvalue weighted by Gasteiger charge is -2.14. The lowest BCUT2D eigenvalue weighted by Crippen LogP contribution is -2.08. The number of ether oxygens (including phenoxy) is 1. The van der Waals surface area contributed by atoms with E-state index in [2.05, 4.69) is 6.92 Å². The van der Waals surface area contributed by atoms with Gasteiger partial charge in [-0.15, -0.1) is 0 Å². The smallest absolute Gasteiger partial charge is 0.416 e. The van der Waals surface area contributed by atoms with Crippen molar-refractivity contribution in [2.45, 2.75) is 45.8 Å². The molecule has 0 spiro atoms. The minimum Gasteiger partial charge on any atom is -0.466 e. The van der Waals surface area contributed by atoms with Crippen LogP contribution in [0.25, 0.3) is 11.1 Å². The van der Waals surface area contributed by atoms with Crippen LogP contribution in [0.2, 0.25) is 0 Å². The summed E-state index contributed by atoms with van der Waals surface area (Å²) in [6.45, 7) is 4.56. The zero-order chi connectivity index (χ0) is 20.7. The van der Waals surface area contributed by atoms with E-state index < -0.39 is 11.7 Å². The minimum absolute atomic E-state index is 0.199. The first kappa shape index (κ1) is 22.0. The molecule has 0 bridgehead atoms. The topological polar surface area (TPSA) is 52.3 Å². The molecule has 2 aromatic rings. The van der Waals surface area contributed by atoms with Gasteiger partial charge in [-0.25, -0.2) is 0 Å². The van der Waals surface area contributed by atoms with Crippen LogP contribution in [0.5, 0.6) is 0 Å². The average molecular weight is 393 g/mol. The first-order valence-electron chi connectivity index (χ1n) is 9.39. The number of hydrogen-bond acceptors (Lipinski definition) is 3. The maximum atomic E-state index is 12.8. The Morgan fingerprint density at radius 3 is 2.29 bits per heavy atom. The van der Waals surface area contributed by atoms with Gasteiger partial charge in [-0.3, -0.25) is 4.79 Å². The molecule has 0 aromatic heterocycles. The lowest BCUT2D eigenvalue weighted by atomic mass is 9.92. The molecule has 6 heteroatoms. The molecule has 0 radical (unpaired) electrons. The third kappa shape index (κ3) is 6.37.